The number of nitrogens with zero attached hydrogens (tertiary/aromatic N) is 1. The normalized spacial score (nSPS) is 12.1. The number of aryl methyl sites for hydroxylation is 1. The molecule has 6 heteroatoms. The van der Waals surface area contributed by atoms with Crippen molar-refractivity contribution in [3.63, 3.8) is 0 Å². The van der Waals surface area contributed by atoms with Gasteiger partial charge in [0.25, 0.3) is 5.91 Å². The Morgan fingerprint density at radius 3 is 2.50 bits per heavy atom. The fourth-order valence-corrected chi connectivity index (χ4v) is 4.20. The maximum absolute atomic E-state index is 12.1. The molecule has 158 valence electrons. The summed E-state index contributed by atoms with van der Waals surface area (Å²) in [5.41, 5.74) is 3.25. The zero-order valence-electron chi connectivity index (χ0n) is 17.7. The van der Waals surface area contributed by atoms with E-state index in [0.29, 0.717) is 12.3 Å². The number of esters is 1. The Hall–Kier alpha value is -2.73. The summed E-state index contributed by atoms with van der Waals surface area (Å²) in [5, 5.41) is 3.77. The molecule has 5 nitrogen and oxygen atoms in total. The van der Waals surface area contributed by atoms with E-state index >= 15 is 0 Å². The van der Waals surface area contributed by atoms with Crippen LogP contribution in [-0.2, 0) is 27.2 Å². The predicted octanol–water partition coefficient (Wildman–Crippen LogP) is 4.85. The number of para-hydroxylation sites is 1. The molecule has 1 amide bonds. The van der Waals surface area contributed by atoms with Crippen LogP contribution in [0.3, 0.4) is 0 Å². The minimum atomic E-state index is -0.393. The number of rotatable bonds is 9. The van der Waals surface area contributed by atoms with Crippen molar-refractivity contribution in [2.75, 3.05) is 6.61 Å². The molecule has 0 unspecified atom stereocenters. The van der Waals surface area contributed by atoms with Crippen LogP contribution in [0.2, 0.25) is 0 Å². The van der Waals surface area contributed by atoms with Crippen molar-refractivity contribution in [3.05, 3.63) is 64.7 Å². The second-order valence-corrected chi connectivity index (χ2v) is 8.98. The van der Waals surface area contributed by atoms with Crippen molar-refractivity contribution in [3.8, 4) is 0 Å². The zero-order valence-corrected chi connectivity index (χ0v) is 18.5. The molecule has 1 atom stereocenters. The van der Waals surface area contributed by atoms with E-state index in [1.165, 1.54) is 5.56 Å². The second-order valence-electron chi connectivity index (χ2n) is 7.86. The first-order valence-corrected chi connectivity index (χ1v) is 11.1. The largest absolute Gasteiger partial charge is 0.456 e. The quantitative estimate of drug-likeness (QED) is 0.499. The molecule has 0 aliphatic rings. The van der Waals surface area contributed by atoms with Gasteiger partial charge in [0.05, 0.1) is 27.7 Å². The molecule has 3 aromatic rings. The molecule has 1 heterocycles. The van der Waals surface area contributed by atoms with Gasteiger partial charge in [-0.3, -0.25) is 9.59 Å². The summed E-state index contributed by atoms with van der Waals surface area (Å²) in [6.45, 7) is 6.03. The predicted molar refractivity (Wildman–Crippen MR) is 120 cm³/mol. The number of carbonyl (C=O) groups excluding carboxylic acids is 2. The highest BCUT2D eigenvalue weighted by Crippen LogP contribution is 2.22. The van der Waals surface area contributed by atoms with Gasteiger partial charge in [0, 0.05) is 6.42 Å². The SMILES string of the molecule is CC(C)Cc1ccc([C@@H](C)NC(=O)COC(=O)CCc2nc3ccccc3s2)cc1. The molecule has 0 fully saturated rings. The number of benzene rings is 2. The summed E-state index contributed by atoms with van der Waals surface area (Å²) >= 11 is 1.58. The number of carbonyl (C=O) groups is 2. The number of aromatic nitrogens is 1. The first-order valence-electron chi connectivity index (χ1n) is 10.3. The highest BCUT2D eigenvalue weighted by Gasteiger charge is 2.13. The van der Waals surface area contributed by atoms with Crippen LogP contribution < -0.4 is 5.32 Å². The highest BCUT2D eigenvalue weighted by atomic mass is 32.1. The van der Waals surface area contributed by atoms with E-state index in [9.17, 15) is 9.59 Å². The Bertz CT molecular complexity index is 962. The van der Waals surface area contributed by atoms with Crippen molar-refractivity contribution in [1.29, 1.82) is 0 Å². The minimum Gasteiger partial charge on any atom is -0.456 e. The van der Waals surface area contributed by atoms with Crippen molar-refractivity contribution in [2.24, 2.45) is 5.92 Å². The van der Waals surface area contributed by atoms with Gasteiger partial charge in [-0.05, 0) is 42.5 Å². The Labute approximate surface area is 181 Å². The third kappa shape index (κ3) is 6.39. The first kappa shape index (κ1) is 22.0. The van der Waals surface area contributed by atoms with Gasteiger partial charge in [0.15, 0.2) is 6.61 Å². The molecule has 0 aliphatic carbocycles. The van der Waals surface area contributed by atoms with Gasteiger partial charge < -0.3 is 10.1 Å². The average molecular weight is 425 g/mol. The second kappa shape index (κ2) is 10.3. The highest BCUT2D eigenvalue weighted by molar-refractivity contribution is 7.18. The zero-order chi connectivity index (χ0) is 21.5. The van der Waals surface area contributed by atoms with Crippen LogP contribution in [0.4, 0.5) is 0 Å². The molecular weight excluding hydrogens is 396 g/mol. The number of amides is 1. The summed E-state index contributed by atoms with van der Waals surface area (Å²) in [5.74, 6) is -0.0884. The topological polar surface area (TPSA) is 68.3 Å². The Kier molecular flexibility index (Phi) is 7.57. The number of hydrogen-bond donors (Lipinski definition) is 1. The van der Waals surface area contributed by atoms with Crippen molar-refractivity contribution in [2.45, 2.75) is 46.1 Å². The summed E-state index contributed by atoms with van der Waals surface area (Å²) < 4.78 is 6.23. The third-order valence-electron chi connectivity index (χ3n) is 4.75. The van der Waals surface area contributed by atoms with Crippen LogP contribution in [0.1, 0.15) is 49.4 Å². The van der Waals surface area contributed by atoms with E-state index in [-0.39, 0.29) is 25.0 Å². The average Bonchev–Trinajstić information content (AvgIpc) is 3.14. The maximum Gasteiger partial charge on any atom is 0.306 e. The van der Waals surface area contributed by atoms with Crippen LogP contribution in [0.15, 0.2) is 48.5 Å². The molecule has 1 aromatic heterocycles. The fourth-order valence-electron chi connectivity index (χ4n) is 3.23. The van der Waals surface area contributed by atoms with Gasteiger partial charge in [-0.15, -0.1) is 11.3 Å². The molecule has 0 aliphatic heterocycles. The number of fused-ring (bicyclic) bond motifs is 1. The lowest BCUT2D eigenvalue weighted by atomic mass is 10.00. The summed E-state index contributed by atoms with van der Waals surface area (Å²) in [4.78, 5) is 28.6. The molecule has 0 radical (unpaired) electrons. The van der Waals surface area contributed by atoms with Gasteiger partial charge in [0.2, 0.25) is 0 Å². The molecule has 0 saturated heterocycles. The first-order chi connectivity index (χ1) is 14.4. The Morgan fingerprint density at radius 2 is 1.80 bits per heavy atom. The van der Waals surface area contributed by atoms with Gasteiger partial charge >= 0.3 is 5.97 Å². The number of hydrogen-bond acceptors (Lipinski definition) is 5. The van der Waals surface area contributed by atoms with Crippen LogP contribution in [-0.4, -0.2) is 23.5 Å². The van der Waals surface area contributed by atoms with Crippen LogP contribution in [0, 0.1) is 5.92 Å². The van der Waals surface area contributed by atoms with E-state index < -0.39 is 5.97 Å². The summed E-state index contributed by atoms with van der Waals surface area (Å²) in [6.07, 6.45) is 1.76. The molecule has 3 rings (SSSR count). The van der Waals surface area contributed by atoms with E-state index in [1.807, 2.05) is 43.3 Å². The maximum atomic E-state index is 12.1. The lowest BCUT2D eigenvalue weighted by Gasteiger charge is -2.15. The van der Waals surface area contributed by atoms with Crippen LogP contribution in [0.5, 0.6) is 0 Å². The van der Waals surface area contributed by atoms with Crippen molar-refractivity contribution in [1.82, 2.24) is 10.3 Å². The van der Waals surface area contributed by atoms with E-state index in [0.717, 1.165) is 27.2 Å². The van der Waals surface area contributed by atoms with Gasteiger partial charge in [-0.25, -0.2) is 4.98 Å². The van der Waals surface area contributed by atoms with E-state index in [2.05, 4.69) is 36.3 Å². The minimum absolute atomic E-state index is 0.146. The van der Waals surface area contributed by atoms with E-state index in [1.54, 1.807) is 11.3 Å². The van der Waals surface area contributed by atoms with E-state index in [4.69, 9.17) is 4.74 Å². The molecule has 0 bridgehead atoms. The molecule has 0 spiro atoms. The molecule has 2 aromatic carbocycles. The lowest BCUT2D eigenvalue weighted by Crippen LogP contribution is -2.31. The standard InChI is InChI=1S/C24H28N2O3S/c1-16(2)14-18-8-10-19(11-9-18)17(3)25-22(27)15-29-24(28)13-12-23-26-20-6-4-5-7-21(20)30-23/h4-11,16-17H,12-15H2,1-3H3,(H,25,27)/t17-/m1/s1. The Balaban J connectivity index is 1.40. The summed E-state index contributed by atoms with van der Waals surface area (Å²) in [7, 11) is 0. The molecular formula is C24H28N2O3S. The third-order valence-corrected chi connectivity index (χ3v) is 5.84. The number of nitrogens with one attached hydrogen (secondary N) is 1. The molecule has 0 saturated carbocycles. The fraction of sp³-hybridized carbons (Fsp3) is 0.375. The summed E-state index contributed by atoms with van der Waals surface area (Å²) in [6, 6.07) is 16.0. The van der Waals surface area contributed by atoms with Crippen LogP contribution >= 0.6 is 11.3 Å². The number of ether oxygens (including phenoxy) is 1. The smallest absolute Gasteiger partial charge is 0.306 e. The number of thiazole rings is 1. The lowest BCUT2D eigenvalue weighted by molar-refractivity contribution is -0.148. The van der Waals surface area contributed by atoms with Crippen LogP contribution in [0.25, 0.3) is 10.2 Å². The van der Waals surface area contributed by atoms with Gasteiger partial charge in [-0.1, -0.05) is 50.2 Å². The van der Waals surface area contributed by atoms with Gasteiger partial charge in [-0.2, -0.15) is 0 Å². The molecule has 1 N–H and O–H groups in total. The monoisotopic (exact) mass is 424 g/mol. The van der Waals surface area contributed by atoms with Crippen molar-refractivity contribution >= 4 is 33.4 Å². The van der Waals surface area contributed by atoms with Gasteiger partial charge in [0.1, 0.15) is 0 Å². The molecule has 30 heavy (non-hydrogen) atoms. The van der Waals surface area contributed by atoms with Crippen molar-refractivity contribution < 1.29 is 14.3 Å². The Morgan fingerprint density at radius 1 is 1.07 bits per heavy atom.